The molecule has 2 aromatic rings. The average Bonchev–Trinajstić information content (AvgIpc) is 3.05. The standard InChI is InChI=1S/C14H17N3O4/c1-9(5-6-10-4-3-7-21-10)15-13(18)11-8-17(2)16-12(11)14(19)20/h3-4,7-9H,5-6H2,1-2H3,(H,15,18)(H,19,20). The first-order valence-electron chi connectivity index (χ1n) is 6.57. The maximum Gasteiger partial charge on any atom is 0.357 e. The molecule has 0 aliphatic rings. The van der Waals surface area contributed by atoms with Crippen LogP contribution >= 0.6 is 0 Å². The first-order valence-corrected chi connectivity index (χ1v) is 6.57. The van der Waals surface area contributed by atoms with Crippen molar-refractivity contribution in [2.45, 2.75) is 25.8 Å². The molecule has 0 aliphatic carbocycles. The van der Waals surface area contributed by atoms with E-state index in [2.05, 4.69) is 10.4 Å². The Hall–Kier alpha value is -2.57. The van der Waals surface area contributed by atoms with E-state index in [0.29, 0.717) is 12.8 Å². The number of carbonyl (C=O) groups is 2. The Morgan fingerprint density at radius 1 is 1.52 bits per heavy atom. The maximum atomic E-state index is 12.1. The highest BCUT2D eigenvalue weighted by molar-refractivity contribution is 6.03. The van der Waals surface area contributed by atoms with Crippen LogP contribution in [0.15, 0.2) is 29.0 Å². The topological polar surface area (TPSA) is 97.4 Å². The number of amides is 1. The molecule has 0 spiro atoms. The molecule has 0 saturated heterocycles. The smallest absolute Gasteiger partial charge is 0.357 e. The number of rotatable bonds is 6. The van der Waals surface area contributed by atoms with Gasteiger partial charge in [-0.1, -0.05) is 0 Å². The quantitative estimate of drug-likeness (QED) is 0.839. The van der Waals surface area contributed by atoms with Gasteiger partial charge in [-0.25, -0.2) is 4.79 Å². The molecule has 7 heteroatoms. The fourth-order valence-corrected chi connectivity index (χ4v) is 2.00. The second kappa shape index (κ2) is 6.25. The molecule has 2 heterocycles. The highest BCUT2D eigenvalue weighted by Crippen LogP contribution is 2.09. The van der Waals surface area contributed by atoms with Crippen molar-refractivity contribution in [2.75, 3.05) is 0 Å². The molecule has 7 nitrogen and oxygen atoms in total. The molecule has 0 radical (unpaired) electrons. The van der Waals surface area contributed by atoms with Gasteiger partial charge in [0.05, 0.1) is 11.8 Å². The normalized spacial score (nSPS) is 12.1. The Kier molecular flexibility index (Phi) is 4.42. The Bertz CT molecular complexity index is 631. The zero-order chi connectivity index (χ0) is 15.4. The van der Waals surface area contributed by atoms with Gasteiger partial charge in [0.25, 0.3) is 5.91 Å². The molecule has 1 unspecified atom stereocenters. The summed E-state index contributed by atoms with van der Waals surface area (Å²) in [6, 6.07) is 3.58. The van der Waals surface area contributed by atoms with Crippen molar-refractivity contribution < 1.29 is 19.1 Å². The van der Waals surface area contributed by atoms with E-state index in [4.69, 9.17) is 9.52 Å². The van der Waals surface area contributed by atoms with E-state index < -0.39 is 11.9 Å². The number of aromatic carboxylic acids is 1. The number of nitrogens with one attached hydrogen (secondary N) is 1. The van der Waals surface area contributed by atoms with Gasteiger partial charge < -0.3 is 14.8 Å². The molecule has 2 aromatic heterocycles. The first-order chi connectivity index (χ1) is 9.97. The van der Waals surface area contributed by atoms with Crippen LogP contribution in [0.25, 0.3) is 0 Å². The Balaban J connectivity index is 1.96. The van der Waals surface area contributed by atoms with Crippen LogP contribution in [0.3, 0.4) is 0 Å². The second-order valence-electron chi connectivity index (χ2n) is 4.86. The molecule has 112 valence electrons. The lowest BCUT2D eigenvalue weighted by atomic mass is 10.1. The minimum atomic E-state index is -1.22. The molecular weight excluding hydrogens is 274 g/mol. The number of carboxylic acids is 1. The third kappa shape index (κ3) is 3.71. The molecule has 0 aliphatic heterocycles. The molecule has 21 heavy (non-hydrogen) atoms. The minimum Gasteiger partial charge on any atom is -0.476 e. The van der Waals surface area contributed by atoms with Gasteiger partial charge in [0, 0.05) is 25.7 Å². The number of hydrogen-bond donors (Lipinski definition) is 2. The minimum absolute atomic E-state index is 0.0647. The highest BCUT2D eigenvalue weighted by atomic mass is 16.4. The first kappa shape index (κ1) is 14.8. The maximum absolute atomic E-state index is 12.1. The van der Waals surface area contributed by atoms with Crippen LogP contribution < -0.4 is 5.32 Å². The lowest BCUT2D eigenvalue weighted by Gasteiger charge is -2.12. The molecule has 0 aromatic carbocycles. The largest absolute Gasteiger partial charge is 0.476 e. The van der Waals surface area contributed by atoms with Crippen molar-refractivity contribution in [2.24, 2.45) is 7.05 Å². The van der Waals surface area contributed by atoms with Crippen LogP contribution in [0.1, 0.15) is 40.0 Å². The van der Waals surface area contributed by atoms with Crippen molar-refractivity contribution in [1.82, 2.24) is 15.1 Å². The van der Waals surface area contributed by atoms with Gasteiger partial charge in [-0.15, -0.1) is 0 Å². The third-order valence-corrected chi connectivity index (χ3v) is 3.06. The lowest BCUT2D eigenvalue weighted by Crippen LogP contribution is -2.33. The van der Waals surface area contributed by atoms with E-state index in [9.17, 15) is 9.59 Å². The number of aryl methyl sites for hydroxylation is 2. The number of hydrogen-bond acceptors (Lipinski definition) is 4. The van der Waals surface area contributed by atoms with Gasteiger partial charge >= 0.3 is 5.97 Å². The van der Waals surface area contributed by atoms with Gasteiger partial charge in [-0.2, -0.15) is 5.10 Å². The molecule has 2 rings (SSSR count). The van der Waals surface area contributed by atoms with Gasteiger partial charge in [0.2, 0.25) is 0 Å². The lowest BCUT2D eigenvalue weighted by molar-refractivity contribution is 0.0683. The highest BCUT2D eigenvalue weighted by Gasteiger charge is 2.21. The number of carboxylic acid groups (broad SMARTS) is 1. The van der Waals surface area contributed by atoms with Crippen molar-refractivity contribution in [3.05, 3.63) is 41.6 Å². The van der Waals surface area contributed by atoms with Crippen LogP contribution in [0, 0.1) is 0 Å². The van der Waals surface area contributed by atoms with Crippen LogP contribution in [0.5, 0.6) is 0 Å². The molecule has 0 bridgehead atoms. The summed E-state index contributed by atoms with van der Waals surface area (Å²) in [5.41, 5.74) is -0.178. The monoisotopic (exact) mass is 291 g/mol. The van der Waals surface area contributed by atoms with Crippen LogP contribution in [-0.2, 0) is 13.5 Å². The molecule has 1 amide bonds. The predicted octanol–water partition coefficient (Wildman–Crippen LogP) is 1.46. The molecule has 0 fully saturated rings. The number of aromatic nitrogens is 2. The Labute approximate surface area is 121 Å². The van der Waals surface area contributed by atoms with E-state index in [1.54, 1.807) is 13.3 Å². The van der Waals surface area contributed by atoms with Gasteiger partial charge in [-0.3, -0.25) is 9.48 Å². The fourth-order valence-electron chi connectivity index (χ4n) is 2.00. The molecule has 0 saturated carbocycles. The predicted molar refractivity (Wildman–Crippen MR) is 74.1 cm³/mol. The Morgan fingerprint density at radius 3 is 2.90 bits per heavy atom. The van der Waals surface area contributed by atoms with E-state index in [1.165, 1.54) is 10.9 Å². The van der Waals surface area contributed by atoms with E-state index in [1.807, 2.05) is 19.1 Å². The summed E-state index contributed by atoms with van der Waals surface area (Å²) in [5.74, 6) is -0.805. The molecular formula is C14H17N3O4. The summed E-state index contributed by atoms with van der Waals surface area (Å²) < 4.78 is 6.54. The van der Waals surface area contributed by atoms with E-state index in [-0.39, 0.29) is 17.3 Å². The summed E-state index contributed by atoms with van der Waals surface area (Å²) in [6.07, 6.45) is 4.40. The van der Waals surface area contributed by atoms with Gasteiger partial charge in [0.15, 0.2) is 5.69 Å². The Morgan fingerprint density at radius 2 is 2.29 bits per heavy atom. The van der Waals surface area contributed by atoms with Crippen molar-refractivity contribution in [3.63, 3.8) is 0 Å². The third-order valence-electron chi connectivity index (χ3n) is 3.06. The van der Waals surface area contributed by atoms with Crippen molar-refractivity contribution >= 4 is 11.9 Å². The summed E-state index contributed by atoms with van der Waals surface area (Å²) in [5, 5.41) is 15.6. The van der Waals surface area contributed by atoms with Crippen molar-refractivity contribution in [1.29, 1.82) is 0 Å². The number of nitrogens with zero attached hydrogens (tertiary/aromatic N) is 2. The van der Waals surface area contributed by atoms with Crippen LogP contribution in [0.2, 0.25) is 0 Å². The summed E-state index contributed by atoms with van der Waals surface area (Å²) in [4.78, 5) is 23.1. The summed E-state index contributed by atoms with van der Waals surface area (Å²) in [6.45, 7) is 1.86. The fraction of sp³-hybridized carbons (Fsp3) is 0.357. The SMILES string of the molecule is CC(CCc1ccco1)NC(=O)c1cn(C)nc1C(=O)O. The number of furan rings is 1. The van der Waals surface area contributed by atoms with E-state index >= 15 is 0 Å². The zero-order valence-electron chi connectivity index (χ0n) is 11.9. The molecule has 1 atom stereocenters. The van der Waals surface area contributed by atoms with Crippen molar-refractivity contribution in [3.8, 4) is 0 Å². The van der Waals surface area contributed by atoms with Gasteiger partial charge in [-0.05, 0) is 25.5 Å². The van der Waals surface area contributed by atoms with Crippen LogP contribution in [0.4, 0.5) is 0 Å². The van der Waals surface area contributed by atoms with E-state index in [0.717, 1.165) is 5.76 Å². The molecule has 2 N–H and O–H groups in total. The summed E-state index contributed by atoms with van der Waals surface area (Å²) in [7, 11) is 1.57. The van der Waals surface area contributed by atoms with Gasteiger partial charge in [0.1, 0.15) is 5.76 Å². The second-order valence-corrected chi connectivity index (χ2v) is 4.86. The average molecular weight is 291 g/mol. The van der Waals surface area contributed by atoms with Crippen LogP contribution in [-0.4, -0.2) is 32.8 Å². The summed E-state index contributed by atoms with van der Waals surface area (Å²) >= 11 is 0. The zero-order valence-corrected chi connectivity index (χ0v) is 11.9. The number of carbonyl (C=O) groups excluding carboxylic acids is 1.